The minimum absolute atomic E-state index is 0.392. The molecule has 0 aliphatic heterocycles. The summed E-state index contributed by atoms with van der Waals surface area (Å²) in [5.41, 5.74) is 0. The molecular weight excluding hydrogens is 296 g/mol. The smallest absolute Gasteiger partial charge is 0.133 e. The summed E-state index contributed by atoms with van der Waals surface area (Å²) < 4.78 is 6.81. The van der Waals surface area contributed by atoms with Crippen LogP contribution >= 0.6 is 31.9 Å². The molecule has 3 heteroatoms. The summed E-state index contributed by atoms with van der Waals surface area (Å²) in [5, 5.41) is 0. The minimum Gasteiger partial charge on any atom is -0.489 e. The molecule has 13 heavy (non-hydrogen) atoms. The van der Waals surface area contributed by atoms with Crippen molar-refractivity contribution in [1.29, 1.82) is 0 Å². The van der Waals surface area contributed by atoms with E-state index in [-0.39, 0.29) is 0 Å². The summed E-state index contributed by atoms with van der Waals surface area (Å²) in [7, 11) is 0. The van der Waals surface area contributed by atoms with Crippen molar-refractivity contribution in [3.8, 4) is 5.75 Å². The van der Waals surface area contributed by atoms with Gasteiger partial charge in [-0.15, -0.1) is 0 Å². The molecule has 1 aliphatic carbocycles. The Balaban J connectivity index is 1.98. The van der Waals surface area contributed by atoms with Gasteiger partial charge in [-0.1, -0.05) is 28.1 Å². The molecule has 0 unspecified atom stereocenters. The van der Waals surface area contributed by atoms with Crippen molar-refractivity contribution in [3.63, 3.8) is 0 Å². The summed E-state index contributed by atoms with van der Waals surface area (Å²) in [4.78, 5) is 0.653. The van der Waals surface area contributed by atoms with E-state index < -0.39 is 0 Å². The van der Waals surface area contributed by atoms with Gasteiger partial charge in [-0.25, -0.2) is 0 Å². The number of rotatable bonds is 2. The first-order chi connectivity index (χ1) is 6.25. The third-order valence-electron chi connectivity index (χ3n) is 2.17. The fourth-order valence-corrected chi connectivity index (χ4v) is 2.53. The summed E-state index contributed by atoms with van der Waals surface area (Å²) >= 11 is 7.00. The molecule has 1 aromatic carbocycles. The number of halogens is 2. The molecule has 2 rings (SSSR count). The average Bonchev–Trinajstić information content (AvgIpc) is 2.06. The Labute approximate surface area is 94.7 Å². The van der Waals surface area contributed by atoms with Gasteiger partial charge in [0.05, 0.1) is 4.47 Å². The monoisotopic (exact) mass is 304 g/mol. The number of alkyl halides is 1. The van der Waals surface area contributed by atoms with Gasteiger partial charge in [0.15, 0.2) is 0 Å². The van der Waals surface area contributed by atoms with Crippen LogP contribution in [-0.2, 0) is 0 Å². The van der Waals surface area contributed by atoms with E-state index in [0.717, 1.165) is 23.1 Å². The van der Waals surface area contributed by atoms with Crippen LogP contribution in [-0.4, -0.2) is 10.9 Å². The van der Waals surface area contributed by atoms with Gasteiger partial charge in [0, 0.05) is 4.83 Å². The number of hydrogen-bond donors (Lipinski definition) is 0. The van der Waals surface area contributed by atoms with Gasteiger partial charge in [0.25, 0.3) is 0 Å². The Morgan fingerprint density at radius 2 is 1.92 bits per heavy atom. The molecule has 70 valence electrons. The highest BCUT2D eigenvalue weighted by molar-refractivity contribution is 9.10. The van der Waals surface area contributed by atoms with Crippen LogP contribution in [0.1, 0.15) is 12.8 Å². The predicted molar refractivity (Wildman–Crippen MR) is 60.5 cm³/mol. The first-order valence-electron chi connectivity index (χ1n) is 4.31. The predicted octanol–water partition coefficient (Wildman–Crippen LogP) is 3.75. The molecule has 0 heterocycles. The third kappa shape index (κ3) is 2.26. The van der Waals surface area contributed by atoms with E-state index >= 15 is 0 Å². The zero-order valence-corrected chi connectivity index (χ0v) is 10.2. The van der Waals surface area contributed by atoms with Gasteiger partial charge in [-0.2, -0.15) is 0 Å². The van der Waals surface area contributed by atoms with E-state index in [0.29, 0.717) is 10.9 Å². The maximum absolute atomic E-state index is 5.77. The minimum atomic E-state index is 0.392. The van der Waals surface area contributed by atoms with Gasteiger partial charge >= 0.3 is 0 Å². The standard InChI is InChI=1S/C10H10Br2O/c11-7-5-8(6-7)13-10-4-2-1-3-9(10)12/h1-4,7-8H,5-6H2. The molecule has 1 saturated carbocycles. The van der Waals surface area contributed by atoms with E-state index in [9.17, 15) is 0 Å². The molecule has 0 amide bonds. The van der Waals surface area contributed by atoms with E-state index in [1.807, 2.05) is 24.3 Å². The zero-order chi connectivity index (χ0) is 9.26. The van der Waals surface area contributed by atoms with Crippen LogP contribution in [0.15, 0.2) is 28.7 Å². The Bertz CT molecular complexity index is 295. The second kappa shape index (κ2) is 4.01. The normalized spacial score (nSPS) is 26.6. The lowest BCUT2D eigenvalue weighted by Gasteiger charge is -2.31. The molecular formula is C10H10Br2O. The molecule has 1 aliphatic rings. The van der Waals surface area contributed by atoms with Crippen molar-refractivity contribution in [3.05, 3.63) is 28.7 Å². The van der Waals surface area contributed by atoms with E-state index in [1.165, 1.54) is 0 Å². The molecule has 0 aromatic heterocycles. The first-order valence-corrected chi connectivity index (χ1v) is 6.02. The number of ether oxygens (including phenoxy) is 1. The van der Waals surface area contributed by atoms with Crippen molar-refractivity contribution in [2.75, 3.05) is 0 Å². The summed E-state index contributed by atoms with van der Waals surface area (Å²) in [6.45, 7) is 0. The van der Waals surface area contributed by atoms with Crippen molar-refractivity contribution >= 4 is 31.9 Å². The van der Waals surface area contributed by atoms with Crippen LogP contribution in [0.25, 0.3) is 0 Å². The van der Waals surface area contributed by atoms with Crippen LogP contribution < -0.4 is 4.74 Å². The highest BCUT2D eigenvalue weighted by Gasteiger charge is 2.28. The first kappa shape index (κ1) is 9.53. The fraction of sp³-hybridized carbons (Fsp3) is 0.400. The highest BCUT2D eigenvalue weighted by Crippen LogP contribution is 2.33. The number of para-hydroxylation sites is 1. The summed E-state index contributed by atoms with van der Waals surface area (Å²) in [6, 6.07) is 7.97. The fourth-order valence-electron chi connectivity index (χ4n) is 1.32. The van der Waals surface area contributed by atoms with Gasteiger partial charge in [-0.05, 0) is 40.9 Å². The maximum Gasteiger partial charge on any atom is 0.133 e. The Morgan fingerprint density at radius 3 is 2.54 bits per heavy atom. The van der Waals surface area contributed by atoms with Crippen molar-refractivity contribution in [2.45, 2.75) is 23.8 Å². The lowest BCUT2D eigenvalue weighted by Crippen LogP contribution is -2.34. The van der Waals surface area contributed by atoms with Crippen LogP contribution in [0, 0.1) is 0 Å². The van der Waals surface area contributed by atoms with Gasteiger partial charge in [-0.3, -0.25) is 0 Å². The van der Waals surface area contributed by atoms with Crippen molar-refractivity contribution in [1.82, 2.24) is 0 Å². The van der Waals surface area contributed by atoms with E-state index in [1.54, 1.807) is 0 Å². The Kier molecular flexibility index (Phi) is 2.94. The van der Waals surface area contributed by atoms with Crippen molar-refractivity contribution < 1.29 is 4.74 Å². The second-order valence-corrected chi connectivity index (χ2v) is 5.39. The molecule has 1 fully saturated rings. The van der Waals surface area contributed by atoms with Crippen LogP contribution in [0.4, 0.5) is 0 Å². The van der Waals surface area contributed by atoms with E-state index in [4.69, 9.17) is 4.74 Å². The Hall–Kier alpha value is -0.0200. The van der Waals surface area contributed by atoms with Crippen LogP contribution in [0.3, 0.4) is 0 Å². The highest BCUT2D eigenvalue weighted by atomic mass is 79.9. The topological polar surface area (TPSA) is 9.23 Å². The molecule has 1 nitrogen and oxygen atoms in total. The average molecular weight is 306 g/mol. The third-order valence-corrected chi connectivity index (χ3v) is 3.57. The lowest BCUT2D eigenvalue weighted by molar-refractivity contribution is 0.127. The summed E-state index contributed by atoms with van der Waals surface area (Å²) in [5.74, 6) is 0.951. The molecule has 0 radical (unpaired) electrons. The molecule has 0 bridgehead atoms. The Morgan fingerprint density at radius 1 is 1.23 bits per heavy atom. The zero-order valence-electron chi connectivity index (χ0n) is 7.04. The molecule has 1 aromatic rings. The number of hydrogen-bond acceptors (Lipinski definition) is 1. The molecule has 0 atom stereocenters. The number of benzene rings is 1. The molecule has 0 spiro atoms. The molecule has 0 saturated heterocycles. The second-order valence-electron chi connectivity index (χ2n) is 3.24. The van der Waals surface area contributed by atoms with Gasteiger partial charge in [0.1, 0.15) is 11.9 Å². The van der Waals surface area contributed by atoms with E-state index in [2.05, 4.69) is 31.9 Å². The van der Waals surface area contributed by atoms with Gasteiger partial charge in [0.2, 0.25) is 0 Å². The van der Waals surface area contributed by atoms with Gasteiger partial charge < -0.3 is 4.74 Å². The molecule has 0 N–H and O–H groups in total. The maximum atomic E-state index is 5.77. The lowest BCUT2D eigenvalue weighted by atomic mass is 9.96. The summed E-state index contributed by atoms with van der Waals surface area (Å²) in [6.07, 6.45) is 2.62. The van der Waals surface area contributed by atoms with Crippen LogP contribution in [0.5, 0.6) is 5.75 Å². The SMILES string of the molecule is Brc1ccccc1OC1CC(Br)C1. The largest absolute Gasteiger partial charge is 0.489 e. The van der Waals surface area contributed by atoms with Crippen molar-refractivity contribution in [2.24, 2.45) is 0 Å². The quantitative estimate of drug-likeness (QED) is 0.756. The van der Waals surface area contributed by atoms with Crippen LogP contribution in [0.2, 0.25) is 0 Å².